The standard InChI is InChI=1S/C14H18N2O/c1-3-16-9-8-13(15-10-11(2)17)12-6-4-5-7-14(12)16/h4-7H,3,8-10H2,1-2H3/b15-13+. The van der Waals surface area contributed by atoms with Crippen LogP contribution in [0.15, 0.2) is 29.3 Å². The van der Waals surface area contributed by atoms with Gasteiger partial charge in [-0.1, -0.05) is 18.2 Å². The lowest BCUT2D eigenvalue weighted by atomic mass is 9.99. The summed E-state index contributed by atoms with van der Waals surface area (Å²) in [5.41, 5.74) is 3.49. The smallest absolute Gasteiger partial charge is 0.151 e. The van der Waals surface area contributed by atoms with Crippen molar-refractivity contribution in [2.24, 2.45) is 4.99 Å². The summed E-state index contributed by atoms with van der Waals surface area (Å²) >= 11 is 0. The van der Waals surface area contributed by atoms with Crippen molar-refractivity contribution >= 4 is 17.2 Å². The maximum absolute atomic E-state index is 11.0. The van der Waals surface area contributed by atoms with Gasteiger partial charge in [0.2, 0.25) is 0 Å². The number of rotatable bonds is 3. The van der Waals surface area contributed by atoms with Crippen molar-refractivity contribution < 1.29 is 4.79 Å². The van der Waals surface area contributed by atoms with E-state index in [0.717, 1.165) is 25.2 Å². The van der Waals surface area contributed by atoms with Crippen molar-refractivity contribution in [2.75, 3.05) is 24.5 Å². The summed E-state index contributed by atoms with van der Waals surface area (Å²) in [6, 6.07) is 8.30. The number of hydrogen-bond acceptors (Lipinski definition) is 3. The molecule has 0 amide bonds. The molecular formula is C14H18N2O. The van der Waals surface area contributed by atoms with Crippen molar-refractivity contribution in [3.63, 3.8) is 0 Å². The van der Waals surface area contributed by atoms with Crippen molar-refractivity contribution in [3.8, 4) is 0 Å². The molecule has 0 saturated heterocycles. The van der Waals surface area contributed by atoms with E-state index in [1.807, 2.05) is 6.07 Å². The third-order valence-electron chi connectivity index (χ3n) is 3.05. The van der Waals surface area contributed by atoms with Crippen molar-refractivity contribution in [2.45, 2.75) is 20.3 Å². The number of para-hydroxylation sites is 1. The van der Waals surface area contributed by atoms with Gasteiger partial charge in [-0.3, -0.25) is 9.79 Å². The molecule has 2 rings (SSSR count). The van der Waals surface area contributed by atoms with Crippen molar-refractivity contribution in [1.82, 2.24) is 0 Å². The van der Waals surface area contributed by atoms with Crippen LogP contribution in [-0.4, -0.2) is 31.1 Å². The van der Waals surface area contributed by atoms with E-state index in [-0.39, 0.29) is 5.78 Å². The number of ketones is 1. The molecule has 3 heteroatoms. The number of anilines is 1. The molecule has 3 nitrogen and oxygen atoms in total. The van der Waals surface area contributed by atoms with Gasteiger partial charge < -0.3 is 4.90 Å². The van der Waals surface area contributed by atoms with Crippen LogP contribution >= 0.6 is 0 Å². The maximum atomic E-state index is 11.0. The Bertz CT molecular complexity index is 451. The summed E-state index contributed by atoms with van der Waals surface area (Å²) < 4.78 is 0. The number of hydrogen-bond donors (Lipinski definition) is 0. The van der Waals surface area contributed by atoms with E-state index in [9.17, 15) is 4.79 Å². The summed E-state index contributed by atoms with van der Waals surface area (Å²) in [4.78, 5) is 17.8. The normalized spacial score (nSPS) is 17.1. The molecular weight excluding hydrogens is 212 g/mol. The summed E-state index contributed by atoms with van der Waals surface area (Å²) in [6.07, 6.45) is 0.929. The minimum Gasteiger partial charge on any atom is -0.371 e. The summed E-state index contributed by atoms with van der Waals surface area (Å²) in [5, 5.41) is 0. The molecule has 90 valence electrons. The zero-order valence-corrected chi connectivity index (χ0v) is 10.4. The van der Waals surface area contributed by atoms with Gasteiger partial charge in [0, 0.05) is 36.5 Å². The number of carbonyl (C=O) groups is 1. The molecule has 0 aromatic heterocycles. The van der Waals surface area contributed by atoms with E-state index in [4.69, 9.17) is 0 Å². The number of aliphatic imine (C=N–C) groups is 1. The molecule has 17 heavy (non-hydrogen) atoms. The third kappa shape index (κ3) is 2.54. The van der Waals surface area contributed by atoms with Crippen LogP contribution in [0.3, 0.4) is 0 Å². The number of benzene rings is 1. The molecule has 1 aromatic rings. The number of carbonyl (C=O) groups excluding carboxylic acids is 1. The first kappa shape index (κ1) is 11.8. The fourth-order valence-electron chi connectivity index (χ4n) is 2.19. The Morgan fingerprint density at radius 3 is 2.88 bits per heavy atom. The Hall–Kier alpha value is -1.64. The van der Waals surface area contributed by atoms with Crippen LogP contribution in [0, 0.1) is 0 Å². The molecule has 0 spiro atoms. The molecule has 1 aliphatic rings. The third-order valence-corrected chi connectivity index (χ3v) is 3.05. The summed E-state index contributed by atoms with van der Waals surface area (Å²) in [6.45, 7) is 6.04. The highest BCUT2D eigenvalue weighted by Gasteiger charge is 2.19. The fourth-order valence-corrected chi connectivity index (χ4v) is 2.19. The van der Waals surface area contributed by atoms with Crippen molar-refractivity contribution in [1.29, 1.82) is 0 Å². The molecule has 0 unspecified atom stereocenters. The molecule has 0 radical (unpaired) electrons. The van der Waals surface area contributed by atoms with Gasteiger partial charge >= 0.3 is 0 Å². The van der Waals surface area contributed by atoms with Crippen LogP contribution in [0.4, 0.5) is 5.69 Å². The molecule has 0 bridgehead atoms. The number of Topliss-reactive ketones (excluding diaryl/α,β-unsaturated/α-hetero) is 1. The molecule has 0 atom stereocenters. The minimum atomic E-state index is 0.118. The van der Waals surface area contributed by atoms with E-state index in [1.165, 1.54) is 11.3 Å². The SMILES string of the molecule is CCN1CC/C(=N\CC(C)=O)c2ccccc21. The van der Waals surface area contributed by atoms with Crippen LogP contribution in [0.25, 0.3) is 0 Å². The molecule has 0 aliphatic carbocycles. The van der Waals surface area contributed by atoms with E-state index in [0.29, 0.717) is 6.54 Å². The van der Waals surface area contributed by atoms with E-state index >= 15 is 0 Å². The predicted molar refractivity (Wildman–Crippen MR) is 71.0 cm³/mol. The van der Waals surface area contributed by atoms with E-state index < -0.39 is 0 Å². The molecule has 1 aromatic carbocycles. The Morgan fingerprint density at radius 1 is 1.41 bits per heavy atom. The second-order valence-electron chi connectivity index (χ2n) is 4.31. The molecule has 0 N–H and O–H groups in total. The highest BCUT2D eigenvalue weighted by atomic mass is 16.1. The van der Waals surface area contributed by atoms with E-state index in [1.54, 1.807) is 6.92 Å². The van der Waals surface area contributed by atoms with Crippen LogP contribution in [0.1, 0.15) is 25.8 Å². The first-order valence-electron chi connectivity index (χ1n) is 6.09. The van der Waals surface area contributed by atoms with Crippen LogP contribution in [0.5, 0.6) is 0 Å². The van der Waals surface area contributed by atoms with Crippen molar-refractivity contribution in [3.05, 3.63) is 29.8 Å². The predicted octanol–water partition coefficient (Wildman–Crippen LogP) is 2.29. The maximum Gasteiger partial charge on any atom is 0.151 e. The van der Waals surface area contributed by atoms with Gasteiger partial charge in [0.05, 0.1) is 6.54 Å². The van der Waals surface area contributed by atoms with Gasteiger partial charge in [-0.05, 0) is 19.9 Å². The molecule has 1 heterocycles. The largest absolute Gasteiger partial charge is 0.371 e. The Morgan fingerprint density at radius 2 is 2.18 bits per heavy atom. The topological polar surface area (TPSA) is 32.7 Å². The van der Waals surface area contributed by atoms with Gasteiger partial charge in [0.1, 0.15) is 0 Å². The first-order chi connectivity index (χ1) is 8.22. The monoisotopic (exact) mass is 230 g/mol. The average Bonchev–Trinajstić information content (AvgIpc) is 2.35. The zero-order chi connectivity index (χ0) is 12.3. The number of fused-ring (bicyclic) bond motifs is 1. The van der Waals surface area contributed by atoms with Gasteiger partial charge in [-0.2, -0.15) is 0 Å². The quantitative estimate of drug-likeness (QED) is 0.798. The van der Waals surface area contributed by atoms with Gasteiger partial charge in [-0.15, -0.1) is 0 Å². The zero-order valence-electron chi connectivity index (χ0n) is 10.4. The highest BCUT2D eigenvalue weighted by Crippen LogP contribution is 2.26. The lowest BCUT2D eigenvalue weighted by molar-refractivity contribution is -0.115. The second-order valence-corrected chi connectivity index (χ2v) is 4.31. The lowest BCUT2D eigenvalue weighted by Gasteiger charge is -2.31. The lowest BCUT2D eigenvalue weighted by Crippen LogP contribution is -2.32. The van der Waals surface area contributed by atoms with Crippen LogP contribution < -0.4 is 4.90 Å². The van der Waals surface area contributed by atoms with E-state index in [2.05, 4.69) is 35.0 Å². The minimum absolute atomic E-state index is 0.118. The molecule has 1 aliphatic heterocycles. The molecule has 0 fully saturated rings. The fraction of sp³-hybridized carbons (Fsp3) is 0.429. The van der Waals surface area contributed by atoms with Gasteiger partial charge in [-0.25, -0.2) is 0 Å². The number of nitrogens with zero attached hydrogens (tertiary/aromatic N) is 2. The Kier molecular flexibility index (Phi) is 3.57. The second kappa shape index (κ2) is 5.13. The van der Waals surface area contributed by atoms with Gasteiger partial charge in [0.25, 0.3) is 0 Å². The Labute approximate surface area is 102 Å². The highest BCUT2D eigenvalue weighted by molar-refractivity contribution is 6.07. The van der Waals surface area contributed by atoms with Crippen LogP contribution in [-0.2, 0) is 4.79 Å². The summed E-state index contributed by atoms with van der Waals surface area (Å²) in [5.74, 6) is 0.118. The van der Waals surface area contributed by atoms with Crippen LogP contribution in [0.2, 0.25) is 0 Å². The van der Waals surface area contributed by atoms with Gasteiger partial charge in [0.15, 0.2) is 5.78 Å². The summed E-state index contributed by atoms with van der Waals surface area (Å²) in [7, 11) is 0. The first-order valence-corrected chi connectivity index (χ1v) is 6.09. The molecule has 0 saturated carbocycles. The Balaban J connectivity index is 2.34. The average molecular weight is 230 g/mol.